The standard InChI is InChI=1S/C21H18N6O7/c1-24-15-8-12(14(27(32)33)9-16(15)25(2)21(24)31)22-10-11-18(28)23-20(30)26(19(11)29)13-6-4-5-7-17(13)34-3/h4-10,29H,1-3H3,(H,23,28,30). The van der Waals surface area contributed by atoms with Crippen molar-refractivity contribution in [3.05, 3.63) is 83.4 Å². The van der Waals surface area contributed by atoms with Gasteiger partial charge in [0.25, 0.3) is 11.2 Å². The van der Waals surface area contributed by atoms with Crippen LogP contribution in [0.2, 0.25) is 0 Å². The van der Waals surface area contributed by atoms with Crippen LogP contribution in [-0.2, 0) is 14.1 Å². The van der Waals surface area contributed by atoms with Gasteiger partial charge in [0, 0.05) is 26.4 Å². The Hall–Kier alpha value is -4.94. The number of H-pyrrole nitrogens is 1. The van der Waals surface area contributed by atoms with E-state index in [1.807, 2.05) is 0 Å². The molecule has 4 aromatic rings. The molecule has 0 atom stereocenters. The number of aliphatic imine (C=N–C) groups is 1. The molecule has 0 aliphatic carbocycles. The van der Waals surface area contributed by atoms with Gasteiger partial charge in [-0.3, -0.25) is 29.0 Å². The Morgan fingerprint density at radius 3 is 2.41 bits per heavy atom. The van der Waals surface area contributed by atoms with Crippen LogP contribution in [0.15, 0.2) is 55.8 Å². The summed E-state index contributed by atoms with van der Waals surface area (Å²) in [5.41, 5.74) is -2.39. The van der Waals surface area contributed by atoms with E-state index in [-0.39, 0.29) is 22.8 Å². The van der Waals surface area contributed by atoms with Gasteiger partial charge in [-0.15, -0.1) is 0 Å². The van der Waals surface area contributed by atoms with E-state index in [1.54, 1.807) is 18.2 Å². The summed E-state index contributed by atoms with van der Waals surface area (Å²) >= 11 is 0. The van der Waals surface area contributed by atoms with Crippen LogP contribution in [-0.4, -0.2) is 42.0 Å². The number of benzene rings is 2. The first-order valence-electron chi connectivity index (χ1n) is 9.75. The normalized spacial score (nSPS) is 11.4. The summed E-state index contributed by atoms with van der Waals surface area (Å²) in [5, 5.41) is 22.4. The van der Waals surface area contributed by atoms with Crippen molar-refractivity contribution >= 4 is 28.6 Å². The molecule has 13 nitrogen and oxygen atoms in total. The van der Waals surface area contributed by atoms with Gasteiger partial charge in [0.15, 0.2) is 0 Å². The highest BCUT2D eigenvalue weighted by Crippen LogP contribution is 2.32. The van der Waals surface area contributed by atoms with E-state index in [1.165, 1.54) is 48.5 Å². The van der Waals surface area contributed by atoms with Crippen LogP contribution in [0.1, 0.15) is 5.56 Å². The topological polar surface area (TPSA) is 167 Å². The van der Waals surface area contributed by atoms with E-state index < -0.39 is 33.3 Å². The number of nitro benzene ring substituents is 1. The van der Waals surface area contributed by atoms with Crippen LogP contribution < -0.4 is 21.7 Å². The van der Waals surface area contributed by atoms with Gasteiger partial charge in [-0.25, -0.2) is 19.1 Å². The average Bonchev–Trinajstić information content (AvgIpc) is 3.01. The van der Waals surface area contributed by atoms with Crippen molar-refractivity contribution < 1.29 is 14.8 Å². The Morgan fingerprint density at radius 2 is 1.76 bits per heavy atom. The number of nitrogens with one attached hydrogen (secondary N) is 1. The minimum Gasteiger partial charge on any atom is -0.495 e. The quantitative estimate of drug-likeness (QED) is 0.252. The Labute approximate surface area is 189 Å². The molecule has 34 heavy (non-hydrogen) atoms. The van der Waals surface area contributed by atoms with E-state index in [2.05, 4.69) is 9.98 Å². The van der Waals surface area contributed by atoms with Crippen LogP contribution in [0.3, 0.4) is 0 Å². The lowest BCUT2D eigenvalue weighted by atomic mass is 10.2. The number of hydrogen-bond donors (Lipinski definition) is 2. The van der Waals surface area contributed by atoms with Gasteiger partial charge in [-0.1, -0.05) is 12.1 Å². The molecule has 2 aromatic carbocycles. The molecule has 0 unspecified atom stereocenters. The van der Waals surface area contributed by atoms with E-state index >= 15 is 0 Å². The molecule has 0 saturated carbocycles. The first kappa shape index (κ1) is 22.3. The maximum Gasteiger partial charge on any atom is 0.335 e. The number of ether oxygens (including phenoxy) is 1. The highest BCUT2D eigenvalue weighted by atomic mass is 16.6. The van der Waals surface area contributed by atoms with Gasteiger partial charge in [0.2, 0.25) is 5.88 Å². The number of aryl methyl sites for hydroxylation is 2. The zero-order valence-corrected chi connectivity index (χ0v) is 18.2. The lowest BCUT2D eigenvalue weighted by molar-refractivity contribution is -0.383. The number of hydrogen-bond acceptors (Lipinski definition) is 8. The fraction of sp³-hybridized carbons (Fsp3) is 0.143. The van der Waals surface area contributed by atoms with Crippen molar-refractivity contribution in [2.45, 2.75) is 0 Å². The summed E-state index contributed by atoms with van der Waals surface area (Å²) in [7, 11) is 4.36. The Kier molecular flexibility index (Phi) is 5.37. The molecule has 0 aliphatic heterocycles. The second-order valence-corrected chi connectivity index (χ2v) is 7.25. The van der Waals surface area contributed by atoms with Crippen molar-refractivity contribution in [1.29, 1.82) is 0 Å². The van der Waals surface area contributed by atoms with Crippen molar-refractivity contribution in [3.63, 3.8) is 0 Å². The van der Waals surface area contributed by atoms with E-state index in [0.29, 0.717) is 11.0 Å². The molecule has 0 radical (unpaired) electrons. The number of nitro groups is 1. The zero-order chi connectivity index (χ0) is 24.7. The van der Waals surface area contributed by atoms with Crippen LogP contribution in [0.5, 0.6) is 11.6 Å². The lowest BCUT2D eigenvalue weighted by Gasteiger charge is -2.12. The number of aromatic hydroxyl groups is 1. The summed E-state index contributed by atoms with van der Waals surface area (Å²) in [6, 6.07) is 8.84. The van der Waals surface area contributed by atoms with Crippen LogP contribution >= 0.6 is 0 Å². The number of methoxy groups -OCH3 is 1. The molecule has 2 heterocycles. The number of nitrogens with zero attached hydrogens (tertiary/aromatic N) is 5. The monoisotopic (exact) mass is 466 g/mol. The molecule has 2 N–H and O–H groups in total. The van der Waals surface area contributed by atoms with E-state index in [9.17, 15) is 29.6 Å². The minimum atomic E-state index is -0.951. The fourth-order valence-corrected chi connectivity index (χ4v) is 3.60. The summed E-state index contributed by atoms with van der Waals surface area (Å²) in [5.74, 6) is -0.487. The van der Waals surface area contributed by atoms with Crippen molar-refractivity contribution in [1.82, 2.24) is 18.7 Å². The Balaban J connectivity index is 1.93. The largest absolute Gasteiger partial charge is 0.495 e. The summed E-state index contributed by atoms with van der Waals surface area (Å²) in [6.07, 6.45) is 0.911. The predicted octanol–water partition coefficient (Wildman–Crippen LogP) is 1.09. The molecule has 2 aromatic heterocycles. The van der Waals surface area contributed by atoms with Crippen molar-refractivity contribution in [2.75, 3.05) is 7.11 Å². The minimum absolute atomic E-state index is 0.157. The third-order valence-corrected chi connectivity index (χ3v) is 5.34. The fourth-order valence-electron chi connectivity index (χ4n) is 3.60. The summed E-state index contributed by atoms with van der Waals surface area (Å²) < 4.78 is 8.59. The van der Waals surface area contributed by atoms with Gasteiger partial charge < -0.3 is 9.84 Å². The molecular weight excluding hydrogens is 448 g/mol. The Morgan fingerprint density at radius 1 is 1.12 bits per heavy atom. The number of aromatic amines is 1. The van der Waals surface area contributed by atoms with Crippen molar-refractivity contribution in [2.24, 2.45) is 19.1 Å². The van der Waals surface area contributed by atoms with Gasteiger partial charge in [-0.2, -0.15) is 0 Å². The second kappa shape index (κ2) is 8.20. The molecule has 13 heteroatoms. The maximum absolute atomic E-state index is 12.4. The van der Waals surface area contributed by atoms with Crippen LogP contribution in [0, 0.1) is 10.1 Å². The molecule has 0 saturated heterocycles. The van der Waals surface area contributed by atoms with Gasteiger partial charge in [0.05, 0.1) is 28.8 Å². The van der Waals surface area contributed by atoms with Crippen molar-refractivity contribution in [3.8, 4) is 17.3 Å². The second-order valence-electron chi connectivity index (χ2n) is 7.25. The van der Waals surface area contributed by atoms with Gasteiger partial charge >= 0.3 is 11.4 Å². The van der Waals surface area contributed by atoms with Gasteiger partial charge in [-0.05, 0) is 18.2 Å². The first-order valence-corrected chi connectivity index (χ1v) is 9.75. The molecule has 0 fully saturated rings. The molecular formula is C21H18N6O7. The highest BCUT2D eigenvalue weighted by Gasteiger charge is 2.21. The first-order chi connectivity index (χ1) is 16.1. The molecule has 0 spiro atoms. The Bertz CT molecular complexity index is 1670. The number of para-hydroxylation sites is 2. The molecule has 0 bridgehead atoms. The lowest BCUT2D eigenvalue weighted by Crippen LogP contribution is -2.31. The highest BCUT2D eigenvalue weighted by molar-refractivity contribution is 5.89. The maximum atomic E-state index is 12.4. The summed E-state index contributed by atoms with van der Waals surface area (Å²) in [4.78, 5) is 54.1. The average molecular weight is 466 g/mol. The third-order valence-electron chi connectivity index (χ3n) is 5.34. The molecule has 0 amide bonds. The van der Waals surface area contributed by atoms with Gasteiger partial charge in [0.1, 0.15) is 17.0 Å². The molecule has 4 rings (SSSR count). The number of fused-ring (bicyclic) bond motifs is 1. The third kappa shape index (κ3) is 3.44. The van der Waals surface area contributed by atoms with E-state index in [4.69, 9.17) is 4.74 Å². The van der Waals surface area contributed by atoms with E-state index in [0.717, 1.165) is 10.8 Å². The predicted molar refractivity (Wildman–Crippen MR) is 123 cm³/mol. The number of rotatable bonds is 5. The number of aromatic nitrogens is 4. The van der Waals surface area contributed by atoms with Crippen LogP contribution in [0.4, 0.5) is 11.4 Å². The summed E-state index contributed by atoms with van der Waals surface area (Å²) in [6.45, 7) is 0. The number of imidazole rings is 1. The molecule has 174 valence electrons. The molecule has 0 aliphatic rings. The van der Waals surface area contributed by atoms with Crippen LogP contribution in [0.25, 0.3) is 16.7 Å². The smallest absolute Gasteiger partial charge is 0.335 e. The zero-order valence-electron chi connectivity index (χ0n) is 18.2. The SMILES string of the molecule is COc1ccccc1-n1c(O)c(C=Nc2cc3c(cc2[N+](=O)[O-])n(C)c(=O)n3C)c(=O)[nH]c1=O.